The van der Waals surface area contributed by atoms with Gasteiger partial charge in [-0.05, 0) is 13.3 Å². The predicted molar refractivity (Wildman–Crippen MR) is 72.7 cm³/mol. The van der Waals surface area contributed by atoms with Crippen molar-refractivity contribution in [1.29, 1.82) is 0 Å². The van der Waals surface area contributed by atoms with Crippen LogP contribution in [0.1, 0.15) is 52.4 Å². The number of anilines is 1. The minimum absolute atomic E-state index is 0.375. The maximum atomic E-state index is 13.5. The van der Waals surface area contributed by atoms with E-state index in [4.69, 9.17) is 0 Å². The number of unbranched alkanes of at least 4 members (excludes halogenated alkanes) is 4. The van der Waals surface area contributed by atoms with Crippen molar-refractivity contribution < 1.29 is 22.0 Å². The van der Waals surface area contributed by atoms with Gasteiger partial charge in [-0.15, -0.1) is 0 Å². The topological polar surface area (TPSA) is 12.0 Å². The molecule has 0 fully saturated rings. The van der Waals surface area contributed by atoms with Crippen molar-refractivity contribution in [2.24, 2.45) is 0 Å². The lowest BCUT2D eigenvalue weighted by Crippen LogP contribution is -2.19. The third-order valence-electron chi connectivity index (χ3n) is 3.34. The average molecular weight is 309 g/mol. The highest BCUT2D eigenvalue weighted by molar-refractivity contribution is 5.48. The Balaban J connectivity index is 2.66. The molecule has 1 unspecified atom stereocenters. The number of hydrogen-bond donors (Lipinski definition) is 1. The van der Waals surface area contributed by atoms with Gasteiger partial charge in [0.25, 0.3) is 0 Å². The summed E-state index contributed by atoms with van der Waals surface area (Å²) in [5.74, 6) is -9.62. The zero-order valence-electron chi connectivity index (χ0n) is 12.2. The standard InChI is InChI=1S/C15H20F5N/c1-3-4-5-6-7-8-9(2)21-15-13(19)11(17)10(16)12(18)14(15)20/h9,21H,3-8H2,1-2H3. The Hall–Kier alpha value is -1.33. The molecule has 0 saturated heterocycles. The molecule has 0 aromatic heterocycles. The van der Waals surface area contributed by atoms with Gasteiger partial charge < -0.3 is 5.32 Å². The molecule has 0 bridgehead atoms. The van der Waals surface area contributed by atoms with E-state index in [-0.39, 0.29) is 6.04 Å². The summed E-state index contributed by atoms with van der Waals surface area (Å²) >= 11 is 0. The number of rotatable bonds is 8. The molecule has 0 heterocycles. The Morgan fingerprint density at radius 1 is 0.762 bits per heavy atom. The first-order chi connectivity index (χ1) is 9.90. The predicted octanol–water partition coefficient (Wildman–Crippen LogP) is 5.54. The first kappa shape index (κ1) is 17.7. The van der Waals surface area contributed by atoms with Crippen LogP contribution in [0.5, 0.6) is 0 Å². The van der Waals surface area contributed by atoms with Crippen LogP contribution < -0.4 is 5.32 Å². The maximum Gasteiger partial charge on any atom is 0.200 e. The molecule has 0 radical (unpaired) electrons. The highest BCUT2D eigenvalue weighted by Crippen LogP contribution is 2.28. The molecular formula is C15H20F5N. The van der Waals surface area contributed by atoms with Crippen LogP contribution >= 0.6 is 0 Å². The van der Waals surface area contributed by atoms with Gasteiger partial charge in [-0.25, -0.2) is 22.0 Å². The smallest absolute Gasteiger partial charge is 0.200 e. The Bertz CT molecular complexity index is 447. The van der Waals surface area contributed by atoms with E-state index < -0.39 is 34.8 Å². The largest absolute Gasteiger partial charge is 0.378 e. The molecule has 1 rings (SSSR count). The third-order valence-corrected chi connectivity index (χ3v) is 3.34. The Kier molecular flexibility index (Phi) is 6.92. The summed E-state index contributed by atoms with van der Waals surface area (Å²) < 4.78 is 65.9. The van der Waals surface area contributed by atoms with Gasteiger partial charge >= 0.3 is 0 Å². The van der Waals surface area contributed by atoms with Crippen LogP contribution in [-0.4, -0.2) is 6.04 Å². The van der Waals surface area contributed by atoms with Crippen LogP contribution in [0.15, 0.2) is 0 Å². The van der Waals surface area contributed by atoms with Gasteiger partial charge in [-0.3, -0.25) is 0 Å². The highest BCUT2D eigenvalue weighted by Gasteiger charge is 2.26. The van der Waals surface area contributed by atoms with E-state index in [2.05, 4.69) is 12.2 Å². The van der Waals surface area contributed by atoms with Crippen molar-refractivity contribution >= 4 is 5.69 Å². The molecule has 0 spiro atoms. The molecule has 1 aromatic rings. The van der Waals surface area contributed by atoms with Gasteiger partial charge in [0.05, 0.1) is 0 Å². The molecule has 1 aromatic carbocycles. The van der Waals surface area contributed by atoms with Crippen molar-refractivity contribution in [2.75, 3.05) is 5.32 Å². The first-order valence-corrected chi connectivity index (χ1v) is 7.18. The van der Waals surface area contributed by atoms with E-state index in [1.807, 2.05) is 0 Å². The first-order valence-electron chi connectivity index (χ1n) is 7.18. The fraction of sp³-hybridized carbons (Fsp3) is 0.600. The lowest BCUT2D eigenvalue weighted by Gasteiger charge is -2.17. The van der Waals surface area contributed by atoms with Gasteiger partial charge in [0.2, 0.25) is 5.82 Å². The van der Waals surface area contributed by atoms with Gasteiger partial charge in [-0.2, -0.15) is 0 Å². The zero-order valence-corrected chi connectivity index (χ0v) is 12.2. The van der Waals surface area contributed by atoms with Crippen molar-refractivity contribution in [3.63, 3.8) is 0 Å². The van der Waals surface area contributed by atoms with E-state index in [1.165, 1.54) is 0 Å². The minimum Gasteiger partial charge on any atom is -0.378 e. The molecule has 120 valence electrons. The van der Waals surface area contributed by atoms with E-state index >= 15 is 0 Å². The van der Waals surface area contributed by atoms with Crippen LogP contribution in [-0.2, 0) is 0 Å². The van der Waals surface area contributed by atoms with Gasteiger partial charge in [-0.1, -0.05) is 39.0 Å². The van der Waals surface area contributed by atoms with E-state index in [0.29, 0.717) is 6.42 Å². The van der Waals surface area contributed by atoms with Gasteiger partial charge in [0.15, 0.2) is 23.3 Å². The molecule has 0 aliphatic carbocycles. The minimum atomic E-state index is -2.14. The summed E-state index contributed by atoms with van der Waals surface area (Å²) in [5, 5.41) is 2.38. The van der Waals surface area contributed by atoms with E-state index in [1.54, 1.807) is 6.92 Å². The lowest BCUT2D eigenvalue weighted by atomic mass is 10.1. The summed E-state index contributed by atoms with van der Waals surface area (Å²) in [5.41, 5.74) is -0.951. The second-order valence-electron chi connectivity index (χ2n) is 5.19. The van der Waals surface area contributed by atoms with Crippen LogP contribution in [0.2, 0.25) is 0 Å². The summed E-state index contributed by atoms with van der Waals surface area (Å²) in [6.07, 6.45) is 5.73. The lowest BCUT2D eigenvalue weighted by molar-refractivity contribution is 0.380. The molecule has 0 amide bonds. The van der Waals surface area contributed by atoms with Crippen LogP contribution in [0, 0.1) is 29.1 Å². The molecule has 0 aliphatic heterocycles. The Morgan fingerprint density at radius 2 is 1.24 bits per heavy atom. The highest BCUT2D eigenvalue weighted by atomic mass is 19.2. The van der Waals surface area contributed by atoms with Gasteiger partial charge in [0, 0.05) is 6.04 Å². The van der Waals surface area contributed by atoms with Gasteiger partial charge in [0.1, 0.15) is 5.69 Å². The summed E-state index contributed by atoms with van der Waals surface area (Å²) in [4.78, 5) is 0. The fourth-order valence-electron chi connectivity index (χ4n) is 2.10. The number of hydrogen-bond acceptors (Lipinski definition) is 1. The van der Waals surface area contributed by atoms with Crippen LogP contribution in [0.3, 0.4) is 0 Å². The summed E-state index contributed by atoms with van der Waals surface area (Å²) in [7, 11) is 0. The molecule has 1 atom stereocenters. The normalized spacial score (nSPS) is 12.5. The zero-order chi connectivity index (χ0) is 16.0. The Labute approximate surface area is 121 Å². The fourth-order valence-corrected chi connectivity index (χ4v) is 2.10. The molecule has 0 aliphatic rings. The SMILES string of the molecule is CCCCCCCC(C)Nc1c(F)c(F)c(F)c(F)c1F. The van der Waals surface area contributed by atoms with Crippen molar-refractivity contribution in [2.45, 2.75) is 58.4 Å². The number of nitrogens with one attached hydrogen (secondary N) is 1. The van der Waals surface area contributed by atoms with E-state index in [9.17, 15) is 22.0 Å². The molecule has 21 heavy (non-hydrogen) atoms. The van der Waals surface area contributed by atoms with Crippen molar-refractivity contribution in [1.82, 2.24) is 0 Å². The molecule has 1 nitrogen and oxygen atoms in total. The molecule has 1 N–H and O–H groups in total. The summed E-state index contributed by atoms with van der Waals surface area (Å²) in [6, 6.07) is -0.375. The number of benzene rings is 1. The third kappa shape index (κ3) is 4.58. The molecule has 0 saturated carbocycles. The van der Waals surface area contributed by atoms with Crippen LogP contribution in [0.25, 0.3) is 0 Å². The van der Waals surface area contributed by atoms with Crippen molar-refractivity contribution in [3.05, 3.63) is 29.1 Å². The molecule has 6 heteroatoms. The van der Waals surface area contributed by atoms with Crippen LogP contribution in [0.4, 0.5) is 27.6 Å². The second-order valence-corrected chi connectivity index (χ2v) is 5.19. The number of halogens is 5. The average Bonchev–Trinajstić information content (AvgIpc) is 2.47. The summed E-state index contributed by atoms with van der Waals surface area (Å²) in [6.45, 7) is 3.74. The Morgan fingerprint density at radius 3 is 1.76 bits per heavy atom. The molecular weight excluding hydrogens is 289 g/mol. The maximum absolute atomic E-state index is 13.5. The van der Waals surface area contributed by atoms with E-state index in [0.717, 1.165) is 32.1 Å². The second kappa shape index (κ2) is 8.20. The monoisotopic (exact) mass is 309 g/mol. The van der Waals surface area contributed by atoms with Crippen molar-refractivity contribution in [3.8, 4) is 0 Å². The quantitative estimate of drug-likeness (QED) is 0.287.